The molecular formula is C50H87BN10O17. The Morgan fingerprint density at radius 1 is 0.731 bits per heavy atom. The minimum Gasteiger partial charge on any atom is -0.443 e. The predicted molar refractivity (Wildman–Crippen MR) is 287 cm³/mol. The first-order valence-electron chi connectivity index (χ1n) is 26.2. The normalized spacial score (nSPS) is 12.6. The number of carbonyl (C=O) groups excluding carboxylic acids is 7. The number of urea groups is 1. The number of hydrazine groups is 1. The van der Waals surface area contributed by atoms with Crippen LogP contribution in [-0.2, 0) is 84.2 Å². The molecule has 0 bridgehead atoms. The summed E-state index contributed by atoms with van der Waals surface area (Å²) < 4.78 is 53.9. The van der Waals surface area contributed by atoms with Gasteiger partial charge in [-0.25, -0.2) is 15.4 Å². The number of hydrogen-bond donors (Lipinski definition) is 7. The minimum atomic E-state index is -1.10. The molecule has 28 heteroatoms. The molecule has 1 saturated heterocycles. The average Bonchev–Trinajstić information content (AvgIpc) is 3.74. The van der Waals surface area contributed by atoms with Gasteiger partial charge >= 0.3 is 12.1 Å². The van der Waals surface area contributed by atoms with Crippen molar-refractivity contribution in [2.45, 2.75) is 71.3 Å². The molecule has 1 atom stereocenters. The van der Waals surface area contributed by atoms with E-state index in [1.807, 2.05) is 0 Å². The number of amides is 8. The van der Waals surface area contributed by atoms with Gasteiger partial charge in [-0.1, -0.05) is 38.2 Å². The lowest BCUT2D eigenvalue weighted by Crippen LogP contribution is -2.47. The highest BCUT2D eigenvalue weighted by Crippen LogP contribution is 2.19. The highest BCUT2D eigenvalue weighted by Gasteiger charge is 2.28. The van der Waals surface area contributed by atoms with E-state index in [4.69, 9.17) is 72.5 Å². The Balaban J connectivity index is 0.00000989. The Labute approximate surface area is 460 Å². The van der Waals surface area contributed by atoms with Crippen molar-refractivity contribution >= 4 is 55.2 Å². The van der Waals surface area contributed by atoms with Crippen molar-refractivity contribution in [1.82, 2.24) is 30.8 Å². The SMILES string of the molecule is CCC.[B]Cc1ccc(NC(=O)[C@H](CCCNC(N)=O)NC(=O)CNC(=O)CCOCCN2C(=O)CCC2=O)cc1CN(C)C(=O)OC/C(N)=C/N(N)CCOCCOCCOCCOCCOCCOCCOCCOC. The van der Waals surface area contributed by atoms with Gasteiger partial charge in [-0.2, -0.15) is 0 Å². The smallest absolute Gasteiger partial charge is 0.410 e. The van der Waals surface area contributed by atoms with Gasteiger partial charge in [0.15, 0.2) is 0 Å². The number of likely N-dealkylation sites (tertiary alicyclic amines) is 1. The molecule has 1 heterocycles. The average molecular weight is 1110 g/mol. The van der Waals surface area contributed by atoms with E-state index < -0.39 is 42.4 Å². The van der Waals surface area contributed by atoms with E-state index in [-0.39, 0.29) is 102 Å². The number of ether oxygens (including phenoxy) is 10. The second kappa shape index (κ2) is 46.2. The Morgan fingerprint density at radius 3 is 1.78 bits per heavy atom. The molecule has 10 N–H and O–H groups in total. The highest BCUT2D eigenvalue weighted by molar-refractivity contribution is 6.08. The van der Waals surface area contributed by atoms with Gasteiger partial charge < -0.3 is 90.0 Å². The van der Waals surface area contributed by atoms with Crippen molar-refractivity contribution in [3.8, 4) is 0 Å². The summed E-state index contributed by atoms with van der Waals surface area (Å²) in [5.41, 5.74) is 13.0. The quantitative estimate of drug-likeness (QED) is 0.0144. The van der Waals surface area contributed by atoms with Crippen LogP contribution in [0.4, 0.5) is 15.3 Å². The Kier molecular flexibility index (Phi) is 41.7. The van der Waals surface area contributed by atoms with E-state index in [0.717, 1.165) is 4.90 Å². The number of primary amides is 1. The summed E-state index contributed by atoms with van der Waals surface area (Å²) in [4.78, 5) is 88.8. The predicted octanol–water partition coefficient (Wildman–Crippen LogP) is -0.378. The third-order valence-corrected chi connectivity index (χ3v) is 10.4. The highest BCUT2D eigenvalue weighted by atomic mass is 16.6. The molecule has 0 aromatic heterocycles. The number of nitrogens with zero attached hydrogens (tertiary/aromatic N) is 3. The van der Waals surface area contributed by atoms with E-state index in [0.29, 0.717) is 116 Å². The summed E-state index contributed by atoms with van der Waals surface area (Å²) in [5, 5.41) is 11.6. The molecule has 27 nitrogen and oxygen atoms in total. The van der Waals surface area contributed by atoms with Crippen LogP contribution in [0, 0.1) is 0 Å². The van der Waals surface area contributed by atoms with E-state index >= 15 is 0 Å². The van der Waals surface area contributed by atoms with Crippen LogP contribution in [0.2, 0.25) is 0 Å². The Morgan fingerprint density at radius 2 is 1.26 bits per heavy atom. The third kappa shape index (κ3) is 36.4. The summed E-state index contributed by atoms with van der Waals surface area (Å²) in [6.07, 6.45) is 2.68. The largest absolute Gasteiger partial charge is 0.443 e. The number of nitrogens with two attached hydrogens (primary N) is 3. The molecule has 2 rings (SSSR count). The van der Waals surface area contributed by atoms with Crippen molar-refractivity contribution in [3.05, 3.63) is 41.2 Å². The molecule has 1 aromatic carbocycles. The van der Waals surface area contributed by atoms with Gasteiger partial charge in [0.2, 0.25) is 29.5 Å². The molecule has 0 spiro atoms. The maximum atomic E-state index is 13.5. The zero-order valence-corrected chi connectivity index (χ0v) is 46.2. The molecule has 442 valence electrons. The topological polar surface area (TPSA) is 348 Å². The third-order valence-electron chi connectivity index (χ3n) is 10.4. The van der Waals surface area contributed by atoms with Crippen LogP contribution >= 0.6 is 0 Å². The number of imide groups is 1. The maximum absolute atomic E-state index is 13.5. The first kappa shape index (κ1) is 70.3. The van der Waals surface area contributed by atoms with Gasteiger partial charge in [0.25, 0.3) is 0 Å². The second-order valence-corrected chi connectivity index (χ2v) is 17.1. The molecule has 1 aliphatic heterocycles. The number of carbonyl (C=O) groups is 7. The molecule has 2 radical (unpaired) electrons. The van der Waals surface area contributed by atoms with Gasteiger partial charge in [0.05, 0.1) is 145 Å². The number of benzene rings is 1. The first-order chi connectivity index (χ1) is 37.6. The van der Waals surface area contributed by atoms with E-state index in [2.05, 4.69) is 35.1 Å². The number of methoxy groups -OCH3 is 1. The standard InChI is InChI=1S/C47H79BN10O17.C3H8/c1-56(47(65)75-35-38(49)34-57(51)11-14-68-18-19-70-22-23-72-26-27-74-29-28-73-25-24-71-21-20-69-17-16-66-2)33-37-30-39(6-5-36(37)31-48)54-45(63)40(4-3-10-52-46(50)64)55-42(60)32-53-41(59)9-13-67-15-12-58-43(61)7-8-44(58)62;1-3-2/h5-6,30,34,40H,3-4,7-29,31-33,35,49,51H2,1-2H3,(H,53,59)(H,54,63)(H,55,60)(H3,50,52,64);3H2,1-2H3/b38-34-;/t40-;/m0./s1. The summed E-state index contributed by atoms with van der Waals surface area (Å²) in [5.74, 6) is 3.73. The fourth-order valence-corrected chi connectivity index (χ4v) is 6.50. The van der Waals surface area contributed by atoms with Crippen molar-refractivity contribution in [2.24, 2.45) is 17.3 Å². The van der Waals surface area contributed by atoms with Crippen LogP contribution < -0.4 is 38.6 Å². The van der Waals surface area contributed by atoms with Crippen LogP contribution in [-0.4, -0.2) is 230 Å². The van der Waals surface area contributed by atoms with Crippen LogP contribution in [0.25, 0.3) is 0 Å². The van der Waals surface area contributed by atoms with Crippen molar-refractivity contribution in [3.63, 3.8) is 0 Å². The fraction of sp³-hybridized carbons (Fsp3) is 0.700. The van der Waals surface area contributed by atoms with E-state index in [1.165, 1.54) is 29.6 Å². The number of rotatable bonds is 45. The van der Waals surface area contributed by atoms with Crippen LogP contribution in [0.3, 0.4) is 0 Å². The van der Waals surface area contributed by atoms with Crippen LogP contribution in [0.15, 0.2) is 30.1 Å². The molecule has 1 aromatic rings. The summed E-state index contributed by atoms with van der Waals surface area (Å²) in [7, 11) is 9.13. The zero-order valence-electron chi connectivity index (χ0n) is 46.2. The molecule has 1 aliphatic rings. The van der Waals surface area contributed by atoms with Gasteiger partial charge in [-0.3, -0.25) is 28.9 Å². The van der Waals surface area contributed by atoms with Crippen molar-refractivity contribution in [1.29, 1.82) is 0 Å². The monoisotopic (exact) mass is 1110 g/mol. The van der Waals surface area contributed by atoms with E-state index in [1.54, 1.807) is 25.3 Å². The van der Waals surface area contributed by atoms with Gasteiger partial charge in [-0.15, -0.1) is 0 Å². The van der Waals surface area contributed by atoms with Gasteiger partial charge in [-0.05, 0) is 30.5 Å². The Hall–Kier alpha value is -5.69. The van der Waals surface area contributed by atoms with Crippen molar-refractivity contribution in [2.75, 3.05) is 165 Å². The number of nitrogens with one attached hydrogen (secondary N) is 4. The lowest BCUT2D eigenvalue weighted by Gasteiger charge is -2.21. The molecule has 0 aliphatic carbocycles. The van der Waals surface area contributed by atoms with Crippen LogP contribution in [0.1, 0.15) is 63.5 Å². The lowest BCUT2D eigenvalue weighted by atomic mass is 9.92. The van der Waals surface area contributed by atoms with Gasteiger partial charge in [0.1, 0.15) is 12.6 Å². The second-order valence-electron chi connectivity index (χ2n) is 17.1. The summed E-state index contributed by atoms with van der Waals surface area (Å²) >= 11 is 0. The Bertz CT molecular complexity index is 1880. The summed E-state index contributed by atoms with van der Waals surface area (Å²) in [6.45, 7) is 10.8. The molecule has 0 unspecified atom stereocenters. The molecular weight excluding hydrogens is 1020 g/mol. The number of hydrogen-bond acceptors (Lipinski definition) is 20. The van der Waals surface area contributed by atoms with E-state index in [9.17, 15) is 33.6 Å². The molecule has 8 amide bonds. The molecule has 78 heavy (non-hydrogen) atoms. The summed E-state index contributed by atoms with van der Waals surface area (Å²) in [6, 6.07) is 3.08. The maximum Gasteiger partial charge on any atom is 0.410 e. The minimum absolute atomic E-state index is 0.0124. The van der Waals surface area contributed by atoms with Crippen LogP contribution in [0.5, 0.6) is 0 Å². The molecule has 0 saturated carbocycles. The first-order valence-corrected chi connectivity index (χ1v) is 26.2. The lowest BCUT2D eigenvalue weighted by molar-refractivity contribution is -0.139. The van der Waals surface area contributed by atoms with Crippen molar-refractivity contribution < 1.29 is 80.9 Å². The number of anilines is 1. The molecule has 1 fully saturated rings. The fourth-order valence-electron chi connectivity index (χ4n) is 6.50. The van der Waals surface area contributed by atoms with Gasteiger partial charge in [0, 0.05) is 58.4 Å². The zero-order chi connectivity index (χ0) is 57.6.